The number of carbonyl (C=O) groups is 2. The molecule has 0 spiro atoms. The van der Waals surface area contributed by atoms with Crippen molar-refractivity contribution in [3.05, 3.63) is 94.0 Å². The van der Waals surface area contributed by atoms with Crippen LogP contribution in [0.5, 0.6) is 5.75 Å². The maximum Gasteiger partial charge on any atom is 0.243 e. The molecule has 1 unspecified atom stereocenters. The Kier molecular flexibility index (Phi) is 11.9. The predicted molar refractivity (Wildman–Crippen MR) is 176 cm³/mol. The molecular weight excluding hydrogens is 621 g/mol. The van der Waals surface area contributed by atoms with E-state index < -0.39 is 16.1 Å². The van der Waals surface area contributed by atoms with Gasteiger partial charge in [-0.15, -0.1) is 0 Å². The second-order valence-corrected chi connectivity index (χ2v) is 13.8. The van der Waals surface area contributed by atoms with Gasteiger partial charge in [0.15, 0.2) is 0 Å². The zero-order chi connectivity index (χ0) is 31.7. The summed E-state index contributed by atoms with van der Waals surface area (Å²) in [5.41, 5.74) is 1.93. The molecule has 1 fully saturated rings. The van der Waals surface area contributed by atoms with Crippen molar-refractivity contribution in [3.63, 3.8) is 0 Å². The highest BCUT2D eigenvalue weighted by molar-refractivity contribution is 7.92. The summed E-state index contributed by atoms with van der Waals surface area (Å²) in [4.78, 5) is 29.5. The van der Waals surface area contributed by atoms with E-state index in [1.54, 1.807) is 47.4 Å². The van der Waals surface area contributed by atoms with Gasteiger partial charge >= 0.3 is 0 Å². The number of methoxy groups -OCH3 is 1. The summed E-state index contributed by atoms with van der Waals surface area (Å²) in [6, 6.07) is 20.6. The number of halogens is 2. The molecule has 4 rings (SSSR count). The molecule has 2 amide bonds. The molecule has 1 saturated carbocycles. The van der Waals surface area contributed by atoms with Crippen LogP contribution < -0.4 is 14.4 Å². The smallest absolute Gasteiger partial charge is 0.243 e. The normalized spacial score (nSPS) is 14.2. The molecule has 0 aromatic heterocycles. The van der Waals surface area contributed by atoms with Gasteiger partial charge in [0.25, 0.3) is 0 Å². The largest absolute Gasteiger partial charge is 0.497 e. The third-order valence-corrected chi connectivity index (χ3v) is 9.78. The number of benzene rings is 3. The number of nitrogens with zero attached hydrogens (tertiary/aromatic N) is 2. The highest BCUT2D eigenvalue weighted by atomic mass is 35.5. The molecule has 3 aromatic rings. The third-order valence-electron chi connectivity index (χ3n) is 7.88. The number of ether oxygens (including phenoxy) is 1. The number of sulfonamides is 1. The van der Waals surface area contributed by atoms with Crippen LogP contribution in [0, 0.1) is 0 Å². The standard InChI is InChI=1S/C33H39Cl2N3O5S/c1-43-27-19-17-26(18-20-27)38(44(2,41)42)21-9-16-32(39)37(23-28-29(34)14-8-15-30(28)35)31(22-24-10-4-3-5-11-24)33(40)36-25-12-6-7-13-25/h3-5,8,10-11,14-15,17-20,25,31H,6-7,9,12-13,16,21-23H2,1-2H3,(H,36,40). The number of nitrogens with one attached hydrogen (secondary N) is 1. The molecule has 0 aliphatic heterocycles. The first-order valence-corrected chi connectivity index (χ1v) is 17.4. The van der Waals surface area contributed by atoms with E-state index in [-0.39, 0.29) is 43.8 Å². The fourth-order valence-corrected chi connectivity index (χ4v) is 7.01. The van der Waals surface area contributed by atoms with E-state index in [1.165, 1.54) is 11.4 Å². The van der Waals surface area contributed by atoms with Crippen molar-refractivity contribution in [1.29, 1.82) is 0 Å². The van der Waals surface area contributed by atoms with E-state index in [4.69, 9.17) is 27.9 Å². The van der Waals surface area contributed by atoms with Crippen molar-refractivity contribution in [2.45, 2.75) is 63.6 Å². The number of hydrogen-bond acceptors (Lipinski definition) is 5. The van der Waals surface area contributed by atoms with E-state index >= 15 is 0 Å². The lowest BCUT2D eigenvalue weighted by Gasteiger charge is -2.33. The minimum atomic E-state index is -3.63. The van der Waals surface area contributed by atoms with Gasteiger partial charge in [-0.25, -0.2) is 8.42 Å². The summed E-state index contributed by atoms with van der Waals surface area (Å²) < 4.78 is 31.9. The summed E-state index contributed by atoms with van der Waals surface area (Å²) in [5, 5.41) is 3.97. The molecular formula is C33H39Cl2N3O5S. The second kappa shape index (κ2) is 15.6. The Balaban J connectivity index is 1.61. The summed E-state index contributed by atoms with van der Waals surface area (Å²) >= 11 is 13.1. The highest BCUT2D eigenvalue weighted by Crippen LogP contribution is 2.28. The summed E-state index contributed by atoms with van der Waals surface area (Å²) in [6.07, 6.45) is 5.58. The van der Waals surface area contributed by atoms with Gasteiger partial charge < -0.3 is 15.0 Å². The Labute approximate surface area is 270 Å². The summed E-state index contributed by atoms with van der Waals surface area (Å²) in [6.45, 7) is 0.108. The predicted octanol–water partition coefficient (Wildman–Crippen LogP) is 6.25. The van der Waals surface area contributed by atoms with Crippen molar-refractivity contribution in [2.75, 3.05) is 24.2 Å². The minimum Gasteiger partial charge on any atom is -0.497 e. The fourth-order valence-electron chi connectivity index (χ4n) is 5.53. The van der Waals surface area contributed by atoms with Crippen LogP contribution in [0.4, 0.5) is 5.69 Å². The van der Waals surface area contributed by atoms with Gasteiger partial charge in [0.1, 0.15) is 11.8 Å². The lowest BCUT2D eigenvalue weighted by molar-refractivity contribution is -0.141. The van der Waals surface area contributed by atoms with Gasteiger partial charge in [0.2, 0.25) is 21.8 Å². The molecule has 0 radical (unpaired) electrons. The van der Waals surface area contributed by atoms with Crippen LogP contribution in [0.2, 0.25) is 10.0 Å². The van der Waals surface area contributed by atoms with Crippen LogP contribution in [0.15, 0.2) is 72.8 Å². The van der Waals surface area contributed by atoms with Crippen LogP contribution >= 0.6 is 23.2 Å². The van der Waals surface area contributed by atoms with E-state index in [0.717, 1.165) is 37.5 Å². The average molecular weight is 661 g/mol. The molecule has 8 nitrogen and oxygen atoms in total. The third kappa shape index (κ3) is 9.13. The van der Waals surface area contributed by atoms with Crippen molar-refractivity contribution < 1.29 is 22.7 Å². The first kappa shape index (κ1) is 33.6. The van der Waals surface area contributed by atoms with Crippen molar-refractivity contribution in [3.8, 4) is 5.75 Å². The van der Waals surface area contributed by atoms with Crippen LogP contribution in [-0.4, -0.2) is 57.1 Å². The summed E-state index contributed by atoms with van der Waals surface area (Å²) in [5.74, 6) is 0.0755. The minimum absolute atomic E-state index is 0.00620. The molecule has 236 valence electrons. The molecule has 11 heteroatoms. The Hall–Kier alpha value is -3.27. The lowest BCUT2D eigenvalue weighted by Crippen LogP contribution is -2.52. The van der Waals surface area contributed by atoms with Gasteiger partial charge in [-0.3, -0.25) is 13.9 Å². The molecule has 44 heavy (non-hydrogen) atoms. The maximum atomic E-state index is 14.1. The van der Waals surface area contributed by atoms with E-state index in [9.17, 15) is 18.0 Å². The van der Waals surface area contributed by atoms with Gasteiger partial charge in [0, 0.05) is 47.6 Å². The fraction of sp³-hybridized carbons (Fsp3) is 0.394. The maximum absolute atomic E-state index is 14.1. The zero-order valence-electron chi connectivity index (χ0n) is 25.0. The molecule has 3 aromatic carbocycles. The van der Waals surface area contributed by atoms with Gasteiger partial charge in [0.05, 0.1) is 19.1 Å². The molecule has 0 heterocycles. The van der Waals surface area contributed by atoms with Crippen LogP contribution in [0.25, 0.3) is 0 Å². The van der Waals surface area contributed by atoms with Gasteiger partial charge in [-0.2, -0.15) is 0 Å². The molecule has 0 saturated heterocycles. The number of rotatable bonds is 14. The monoisotopic (exact) mass is 659 g/mol. The van der Waals surface area contributed by atoms with Gasteiger partial charge in [-0.05, 0) is 61.2 Å². The molecule has 1 atom stereocenters. The number of carbonyl (C=O) groups excluding carboxylic acids is 2. The zero-order valence-corrected chi connectivity index (χ0v) is 27.4. The van der Waals surface area contributed by atoms with Crippen LogP contribution in [0.1, 0.15) is 49.7 Å². The Morgan fingerprint density at radius 2 is 1.59 bits per heavy atom. The molecule has 1 aliphatic rings. The van der Waals surface area contributed by atoms with E-state index in [0.29, 0.717) is 33.5 Å². The highest BCUT2D eigenvalue weighted by Gasteiger charge is 2.33. The van der Waals surface area contributed by atoms with Crippen LogP contribution in [-0.2, 0) is 32.6 Å². The first-order valence-electron chi connectivity index (χ1n) is 14.7. The number of amides is 2. The van der Waals surface area contributed by atoms with Crippen molar-refractivity contribution in [2.24, 2.45) is 0 Å². The first-order chi connectivity index (χ1) is 21.1. The van der Waals surface area contributed by atoms with E-state index in [2.05, 4.69) is 5.32 Å². The quantitative estimate of drug-likeness (QED) is 0.221. The van der Waals surface area contributed by atoms with Crippen molar-refractivity contribution >= 4 is 50.7 Å². The van der Waals surface area contributed by atoms with Crippen molar-refractivity contribution in [1.82, 2.24) is 10.2 Å². The lowest BCUT2D eigenvalue weighted by atomic mass is 10.0. The second-order valence-electron chi connectivity index (χ2n) is 11.1. The SMILES string of the molecule is COc1ccc(N(CCCC(=O)N(Cc2c(Cl)cccc2Cl)C(Cc2ccccc2)C(=O)NC2CCCC2)S(C)(=O)=O)cc1. The van der Waals surface area contributed by atoms with E-state index in [1.807, 2.05) is 30.3 Å². The van der Waals surface area contributed by atoms with Gasteiger partial charge in [-0.1, -0.05) is 72.4 Å². The average Bonchev–Trinajstić information content (AvgIpc) is 3.51. The molecule has 0 bridgehead atoms. The number of hydrogen-bond donors (Lipinski definition) is 1. The van der Waals surface area contributed by atoms with Crippen LogP contribution in [0.3, 0.4) is 0 Å². The molecule has 1 N–H and O–H groups in total. The molecule has 1 aliphatic carbocycles. The topological polar surface area (TPSA) is 96.0 Å². The Morgan fingerprint density at radius 1 is 0.955 bits per heavy atom. The summed E-state index contributed by atoms with van der Waals surface area (Å²) in [7, 11) is -2.09. The Bertz CT molecular complexity index is 1490. The Morgan fingerprint density at radius 3 is 2.18 bits per heavy atom. The number of anilines is 1.